The molecule has 0 bridgehead atoms. The third kappa shape index (κ3) is 2.85. The van der Waals surface area contributed by atoms with E-state index in [0.717, 1.165) is 0 Å². The Kier molecular flexibility index (Phi) is 4.03. The molecule has 5 N–H and O–H groups in total. The van der Waals surface area contributed by atoms with Gasteiger partial charge in [-0.15, -0.1) is 5.10 Å². The van der Waals surface area contributed by atoms with E-state index in [0.29, 0.717) is 11.3 Å². The SMILES string of the molecule is Nc1[nH]c(=O)c(C(=O)O)c(-c2ccc(-c3csnn3)cc2)c1C(=O)O. The number of aromatic amines is 1. The zero-order chi connectivity index (χ0) is 18.1. The summed E-state index contributed by atoms with van der Waals surface area (Å²) in [5.74, 6) is -3.41. The molecule has 0 amide bonds. The fourth-order valence-electron chi connectivity index (χ4n) is 2.43. The van der Waals surface area contributed by atoms with Crippen molar-refractivity contribution in [1.82, 2.24) is 14.6 Å². The number of aromatic nitrogens is 3. The average Bonchev–Trinajstić information content (AvgIpc) is 3.07. The average molecular weight is 358 g/mol. The van der Waals surface area contributed by atoms with Crippen molar-refractivity contribution in [2.24, 2.45) is 0 Å². The Hall–Kier alpha value is -3.53. The molecule has 9 nitrogen and oxygen atoms in total. The van der Waals surface area contributed by atoms with Crippen molar-refractivity contribution >= 4 is 29.3 Å². The highest BCUT2D eigenvalue weighted by Gasteiger charge is 2.26. The van der Waals surface area contributed by atoms with Crippen LogP contribution in [0.25, 0.3) is 22.4 Å². The van der Waals surface area contributed by atoms with E-state index in [9.17, 15) is 24.6 Å². The summed E-state index contributed by atoms with van der Waals surface area (Å²) in [7, 11) is 0. The molecule has 0 spiro atoms. The number of hydrogen-bond donors (Lipinski definition) is 4. The summed E-state index contributed by atoms with van der Waals surface area (Å²) in [5, 5.41) is 24.4. The molecule has 2 heterocycles. The highest BCUT2D eigenvalue weighted by Crippen LogP contribution is 2.30. The quantitative estimate of drug-likeness (QED) is 0.546. The monoisotopic (exact) mass is 358 g/mol. The number of nitrogens with one attached hydrogen (secondary N) is 1. The lowest BCUT2D eigenvalue weighted by Crippen LogP contribution is -2.24. The van der Waals surface area contributed by atoms with Crippen LogP contribution in [-0.4, -0.2) is 36.7 Å². The van der Waals surface area contributed by atoms with E-state index in [1.807, 2.05) is 0 Å². The number of H-pyrrole nitrogens is 1. The molecule has 2 aromatic heterocycles. The van der Waals surface area contributed by atoms with Gasteiger partial charge in [-0.1, -0.05) is 28.8 Å². The highest BCUT2D eigenvalue weighted by molar-refractivity contribution is 7.03. The topological polar surface area (TPSA) is 159 Å². The summed E-state index contributed by atoms with van der Waals surface area (Å²) in [6.45, 7) is 0. The first-order valence-electron chi connectivity index (χ1n) is 6.80. The largest absolute Gasteiger partial charge is 0.478 e. The predicted octanol–water partition coefficient (Wildman–Crippen LogP) is 1.54. The number of aromatic carboxylic acids is 2. The molecule has 0 aliphatic carbocycles. The molecular weight excluding hydrogens is 348 g/mol. The summed E-state index contributed by atoms with van der Waals surface area (Å²) >= 11 is 1.17. The minimum Gasteiger partial charge on any atom is -0.478 e. The van der Waals surface area contributed by atoms with E-state index in [1.165, 1.54) is 23.7 Å². The Labute approximate surface area is 143 Å². The van der Waals surface area contributed by atoms with E-state index in [2.05, 4.69) is 14.6 Å². The summed E-state index contributed by atoms with van der Waals surface area (Å²) in [6, 6.07) is 6.25. The Balaban J connectivity index is 2.27. The molecule has 10 heteroatoms. The molecule has 0 aliphatic rings. The smallest absolute Gasteiger partial charge is 0.342 e. The van der Waals surface area contributed by atoms with Crippen molar-refractivity contribution in [2.75, 3.05) is 5.73 Å². The summed E-state index contributed by atoms with van der Waals surface area (Å²) in [6.07, 6.45) is 0. The van der Waals surface area contributed by atoms with Crippen LogP contribution in [0.15, 0.2) is 34.4 Å². The van der Waals surface area contributed by atoms with Crippen LogP contribution < -0.4 is 11.3 Å². The maximum Gasteiger partial charge on any atom is 0.342 e. The molecule has 3 rings (SSSR count). The fraction of sp³-hybridized carbons (Fsp3) is 0. The highest BCUT2D eigenvalue weighted by atomic mass is 32.1. The van der Waals surface area contributed by atoms with Crippen LogP contribution in [0.4, 0.5) is 5.82 Å². The number of pyridine rings is 1. The van der Waals surface area contributed by atoms with E-state index < -0.39 is 34.4 Å². The van der Waals surface area contributed by atoms with Crippen molar-refractivity contribution in [3.05, 3.63) is 51.1 Å². The van der Waals surface area contributed by atoms with Crippen molar-refractivity contribution in [3.8, 4) is 22.4 Å². The first-order valence-corrected chi connectivity index (χ1v) is 7.64. The lowest BCUT2D eigenvalue weighted by atomic mass is 9.94. The lowest BCUT2D eigenvalue weighted by Gasteiger charge is -2.12. The van der Waals surface area contributed by atoms with Gasteiger partial charge in [0, 0.05) is 16.5 Å². The van der Waals surface area contributed by atoms with Gasteiger partial charge in [0.2, 0.25) is 0 Å². The minimum atomic E-state index is -1.55. The van der Waals surface area contributed by atoms with Crippen molar-refractivity contribution < 1.29 is 19.8 Å². The third-order valence-electron chi connectivity index (χ3n) is 3.50. The van der Waals surface area contributed by atoms with Gasteiger partial charge in [0.25, 0.3) is 5.56 Å². The minimum absolute atomic E-state index is 0.236. The third-order valence-corrected chi connectivity index (χ3v) is 4.01. The number of nitrogen functional groups attached to an aromatic ring is 1. The number of benzene rings is 1. The van der Waals surface area contributed by atoms with Crippen molar-refractivity contribution in [2.45, 2.75) is 0 Å². The van der Waals surface area contributed by atoms with Crippen LogP contribution in [0.5, 0.6) is 0 Å². The number of hydrogen-bond acceptors (Lipinski definition) is 7. The van der Waals surface area contributed by atoms with Gasteiger partial charge in [-0.05, 0) is 17.1 Å². The molecule has 0 atom stereocenters. The maximum absolute atomic E-state index is 12.0. The number of rotatable bonds is 4. The van der Waals surface area contributed by atoms with Crippen LogP contribution in [-0.2, 0) is 0 Å². The second-order valence-electron chi connectivity index (χ2n) is 4.97. The van der Waals surface area contributed by atoms with Crippen LogP contribution >= 0.6 is 11.5 Å². The van der Waals surface area contributed by atoms with Crippen molar-refractivity contribution in [3.63, 3.8) is 0 Å². The standard InChI is InChI=1S/C15H10N4O5S/c16-12-10(14(21)22)9(11(15(23)24)13(20)17-12)7-3-1-6(2-4-7)8-5-25-19-18-8/h1-5H,(H,21,22)(H,23,24)(H3,16,17,20). The Bertz CT molecular complexity index is 1030. The lowest BCUT2D eigenvalue weighted by molar-refractivity contribution is 0.0695. The van der Waals surface area contributed by atoms with E-state index in [-0.39, 0.29) is 11.1 Å². The van der Waals surface area contributed by atoms with Gasteiger partial charge in [0.15, 0.2) is 0 Å². The van der Waals surface area contributed by atoms with Gasteiger partial charge in [-0.3, -0.25) is 4.79 Å². The number of carboxylic acids is 2. The maximum atomic E-state index is 12.0. The Morgan fingerprint density at radius 1 is 1.04 bits per heavy atom. The van der Waals surface area contributed by atoms with Gasteiger partial charge < -0.3 is 20.9 Å². The Morgan fingerprint density at radius 3 is 2.16 bits per heavy atom. The van der Waals surface area contributed by atoms with Crippen LogP contribution in [0.1, 0.15) is 20.7 Å². The van der Waals surface area contributed by atoms with Crippen LogP contribution in [0, 0.1) is 0 Å². The van der Waals surface area contributed by atoms with Gasteiger partial charge in [-0.25, -0.2) is 9.59 Å². The van der Waals surface area contributed by atoms with Gasteiger partial charge in [0.05, 0.1) is 0 Å². The predicted molar refractivity (Wildman–Crippen MR) is 89.7 cm³/mol. The number of carbonyl (C=O) groups is 2. The molecule has 126 valence electrons. The van der Waals surface area contributed by atoms with Crippen LogP contribution in [0.2, 0.25) is 0 Å². The first-order chi connectivity index (χ1) is 11.9. The molecule has 3 aromatic rings. The summed E-state index contributed by atoms with van der Waals surface area (Å²) in [5.41, 5.74) is 4.78. The fourth-order valence-corrected chi connectivity index (χ4v) is 2.90. The second kappa shape index (κ2) is 6.17. The number of anilines is 1. The van der Waals surface area contributed by atoms with E-state index in [4.69, 9.17) is 5.73 Å². The van der Waals surface area contributed by atoms with Crippen molar-refractivity contribution in [1.29, 1.82) is 0 Å². The molecular formula is C15H10N4O5S. The molecule has 0 aliphatic heterocycles. The molecule has 0 unspecified atom stereocenters. The molecule has 0 fully saturated rings. The number of carboxylic acid groups (broad SMARTS) is 2. The number of nitrogens with two attached hydrogens (primary N) is 1. The molecule has 25 heavy (non-hydrogen) atoms. The zero-order valence-corrected chi connectivity index (χ0v) is 13.2. The molecule has 0 radical (unpaired) electrons. The van der Waals surface area contributed by atoms with E-state index >= 15 is 0 Å². The molecule has 0 saturated carbocycles. The second-order valence-corrected chi connectivity index (χ2v) is 5.58. The van der Waals surface area contributed by atoms with E-state index in [1.54, 1.807) is 17.5 Å². The summed E-state index contributed by atoms with van der Waals surface area (Å²) in [4.78, 5) is 37.1. The zero-order valence-electron chi connectivity index (χ0n) is 12.4. The Morgan fingerprint density at radius 2 is 1.64 bits per heavy atom. The van der Waals surface area contributed by atoms with Gasteiger partial charge in [0.1, 0.15) is 22.6 Å². The molecule has 1 aromatic carbocycles. The normalized spacial score (nSPS) is 10.6. The molecule has 0 saturated heterocycles. The van der Waals surface area contributed by atoms with Gasteiger partial charge in [-0.2, -0.15) is 0 Å². The van der Waals surface area contributed by atoms with Gasteiger partial charge >= 0.3 is 11.9 Å². The van der Waals surface area contributed by atoms with Crippen LogP contribution in [0.3, 0.4) is 0 Å². The summed E-state index contributed by atoms with van der Waals surface area (Å²) < 4.78 is 3.75. The first kappa shape index (κ1) is 16.3. The number of nitrogens with zero attached hydrogens (tertiary/aromatic N) is 2.